The summed E-state index contributed by atoms with van der Waals surface area (Å²) >= 11 is 0. The van der Waals surface area contributed by atoms with Gasteiger partial charge in [0.25, 0.3) is 0 Å². The van der Waals surface area contributed by atoms with Gasteiger partial charge in [0, 0.05) is 51.9 Å². The van der Waals surface area contributed by atoms with Crippen molar-refractivity contribution in [3.63, 3.8) is 0 Å². The molecule has 2 saturated heterocycles. The SMILES string of the molecule is CN1CCN([C@H]2CCN(C(=O)NCCc3ccc4ccccc4c3)C2)CC1. The van der Waals surface area contributed by atoms with Crippen LogP contribution in [0.5, 0.6) is 0 Å². The van der Waals surface area contributed by atoms with Crippen LogP contribution in [0.3, 0.4) is 0 Å². The van der Waals surface area contributed by atoms with E-state index in [-0.39, 0.29) is 6.03 Å². The zero-order valence-corrected chi connectivity index (χ0v) is 16.2. The van der Waals surface area contributed by atoms with Crippen molar-refractivity contribution in [1.29, 1.82) is 0 Å². The molecule has 2 aromatic carbocycles. The van der Waals surface area contributed by atoms with Gasteiger partial charge in [-0.2, -0.15) is 0 Å². The maximum atomic E-state index is 12.5. The molecule has 0 radical (unpaired) electrons. The van der Waals surface area contributed by atoms with E-state index in [1.54, 1.807) is 0 Å². The highest BCUT2D eigenvalue weighted by atomic mass is 16.2. The van der Waals surface area contributed by atoms with Crippen LogP contribution in [-0.2, 0) is 6.42 Å². The van der Waals surface area contributed by atoms with Crippen molar-refractivity contribution >= 4 is 16.8 Å². The fraction of sp³-hybridized carbons (Fsp3) is 0.500. The van der Waals surface area contributed by atoms with E-state index in [1.165, 1.54) is 16.3 Å². The van der Waals surface area contributed by atoms with Crippen LogP contribution in [0.25, 0.3) is 10.8 Å². The Balaban J connectivity index is 1.23. The fourth-order valence-electron chi connectivity index (χ4n) is 4.23. The molecule has 5 nitrogen and oxygen atoms in total. The van der Waals surface area contributed by atoms with E-state index >= 15 is 0 Å². The Bertz CT molecular complexity index is 785. The molecule has 2 fully saturated rings. The molecule has 2 aliphatic heterocycles. The second kappa shape index (κ2) is 8.28. The Hall–Kier alpha value is -2.11. The van der Waals surface area contributed by atoms with Gasteiger partial charge in [-0.05, 0) is 36.2 Å². The average Bonchev–Trinajstić information content (AvgIpc) is 3.19. The number of hydrogen-bond acceptors (Lipinski definition) is 3. The molecule has 0 aliphatic carbocycles. The van der Waals surface area contributed by atoms with Crippen LogP contribution in [0.1, 0.15) is 12.0 Å². The van der Waals surface area contributed by atoms with E-state index in [4.69, 9.17) is 0 Å². The third-order valence-corrected chi connectivity index (χ3v) is 6.01. The highest BCUT2D eigenvalue weighted by molar-refractivity contribution is 5.83. The lowest BCUT2D eigenvalue weighted by molar-refractivity contribution is 0.114. The van der Waals surface area contributed by atoms with Crippen LogP contribution >= 0.6 is 0 Å². The second-order valence-electron chi connectivity index (χ2n) is 7.89. The number of piperazine rings is 1. The molecule has 2 aliphatic rings. The fourth-order valence-corrected chi connectivity index (χ4v) is 4.23. The molecule has 0 saturated carbocycles. The molecule has 2 heterocycles. The van der Waals surface area contributed by atoms with Crippen molar-refractivity contribution in [2.45, 2.75) is 18.9 Å². The number of carbonyl (C=O) groups excluding carboxylic acids is 1. The van der Waals surface area contributed by atoms with Crippen molar-refractivity contribution in [3.8, 4) is 0 Å². The predicted molar refractivity (Wildman–Crippen MR) is 110 cm³/mol. The van der Waals surface area contributed by atoms with E-state index in [9.17, 15) is 4.79 Å². The van der Waals surface area contributed by atoms with Gasteiger partial charge in [-0.3, -0.25) is 4.90 Å². The largest absolute Gasteiger partial charge is 0.338 e. The molecule has 0 spiro atoms. The molecular formula is C22H30N4O. The number of amides is 2. The van der Waals surface area contributed by atoms with Crippen LogP contribution in [0.15, 0.2) is 42.5 Å². The number of urea groups is 1. The molecule has 2 aromatic rings. The van der Waals surface area contributed by atoms with Gasteiger partial charge in [-0.1, -0.05) is 42.5 Å². The Labute approximate surface area is 161 Å². The molecule has 0 unspecified atom stereocenters. The summed E-state index contributed by atoms with van der Waals surface area (Å²) in [5, 5.41) is 5.63. The molecular weight excluding hydrogens is 336 g/mol. The van der Waals surface area contributed by atoms with Crippen LogP contribution in [0.4, 0.5) is 4.79 Å². The van der Waals surface area contributed by atoms with Crippen molar-refractivity contribution in [3.05, 3.63) is 48.0 Å². The highest BCUT2D eigenvalue weighted by Crippen LogP contribution is 2.18. The minimum absolute atomic E-state index is 0.0902. The Morgan fingerprint density at radius 1 is 1.04 bits per heavy atom. The number of likely N-dealkylation sites (N-methyl/N-ethyl adjacent to an activating group) is 1. The smallest absolute Gasteiger partial charge is 0.317 e. The van der Waals surface area contributed by atoms with E-state index < -0.39 is 0 Å². The number of carbonyl (C=O) groups is 1. The number of benzene rings is 2. The first kappa shape index (κ1) is 18.3. The molecule has 27 heavy (non-hydrogen) atoms. The maximum Gasteiger partial charge on any atom is 0.317 e. The van der Waals surface area contributed by atoms with Crippen LogP contribution < -0.4 is 5.32 Å². The Kier molecular flexibility index (Phi) is 5.60. The topological polar surface area (TPSA) is 38.8 Å². The summed E-state index contributed by atoms with van der Waals surface area (Å²) in [6.45, 7) is 6.94. The lowest BCUT2D eigenvalue weighted by Crippen LogP contribution is -2.50. The number of hydrogen-bond donors (Lipinski definition) is 1. The van der Waals surface area contributed by atoms with Gasteiger partial charge in [-0.25, -0.2) is 4.79 Å². The third kappa shape index (κ3) is 4.42. The summed E-state index contributed by atoms with van der Waals surface area (Å²) in [4.78, 5) is 19.4. The van der Waals surface area contributed by atoms with Gasteiger partial charge in [-0.15, -0.1) is 0 Å². The molecule has 2 amide bonds. The summed E-state index contributed by atoms with van der Waals surface area (Å²) < 4.78 is 0. The van der Waals surface area contributed by atoms with E-state index in [0.29, 0.717) is 12.6 Å². The van der Waals surface area contributed by atoms with E-state index in [1.807, 2.05) is 4.90 Å². The number of fused-ring (bicyclic) bond motifs is 1. The van der Waals surface area contributed by atoms with Gasteiger partial charge in [0.05, 0.1) is 0 Å². The lowest BCUT2D eigenvalue weighted by atomic mass is 10.1. The van der Waals surface area contributed by atoms with Crippen molar-refractivity contribution in [2.24, 2.45) is 0 Å². The lowest BCUT2D eigenvalue weighted by Gasteiger charge is -2.36. The number of likely N-dealkylation sites (tertiary alicyclic amines) is 1. The third-order valence-electron chi connectivity index (χ3n) is 6.01. The number of rotatable bonds is 4. The van der Waals surface area contributed by atoms with Gasteiger partial charge >= 0.3 is 6.03 Å². The minimum atomic E-state index is 0.0902. The first-order valence-electron chi connectivity index (χ1n) is 10.1. The van der Waals surface area contributed by atoms with Crippen molar-refractivity contribution < 1.29 is 4.79 Å². The molecule has 4 rings (SSSR count). The first-order chi connectivity index (χ1) is 13.2. The monoisotopic (exact) mass is 366 g/mol. The number of nitrogens with one attached hydrogen (secondary N) is 1. The standard InChI is InChI=1S/C22H30N4O/c1-24-12-14-25(15-13-24)21-9-11-26(17-21)22(27)23-10-8-18-6-7-19-4-2-3-5-20(19)16-18/h2-7,16,21H,8-15,17H2,1H3,(H,23,27)/t21-/m0/s1. The average molecular weight is 367 g/mol. The number of nitrogens with zero attached hydrogens (tertiary/aromatic N) is 3. The Morgan fingerprint density at radius 2 is 1.81 bits per heavy atom. The van der Waals surface area contributed by atoms with Crippen molar-refractivity contribution in [2.75, 3.05) is 52.9 Å². The summed E-state index contributed by atoms with van der Waals surface area (Å²) in [5.74, 6) is 0. The minimum Gasteiger partial charge on any atom is -0.338 e. The molecule has 0 bridgehead atoms. The summed E-state index contributed by atoms with van der Waals surface area (Å²) in [6, 6.07) is 15.6. The van der Waals surface area contributed by atoms with Gasteiger partial charge in [0.1, 0.15) is 0 Å². The van der Waals surface area contributed by atoms with Crippen LogP contribution in [0, 0.1) is 0 Å². The van der Waals surface area contributed by atoms with Crippen LogP contribution in [-0.4, -0.2) is 79.6 Å². The van der Waals surface area contributed by atoms with Crippen molar-refractivity contribution in [1.82, 2.24) is 20.0 Å². The van der Waals surface area contributed by atoms with Gasteiger partial charge in [0.15, 0.2) is 0 Å². The Morgan fingerprint density at radius 3 is 2.63 bits per heavy atom. The molecule has 1 atom stereocenters. The summed E-state index contributed by atoms with van der Waals surface area (Å²) in [6.07, 6.45) is 1.97. The maximum absolute atomic E-state index is 12.5. The highest BCUT2D eigenvalue weighted by Gasteiger charge is 2.31. The van der Waals surface area contributed by atoms with E-state index in [2.05, 4.69) is 64.6 Å². The zero-order chi connectivity index (χ0) is 18.6. The molecule has 0 aromatic heterocycles. The zero-order valence-electron chi connectivity index (χ0n) is 16.2. The first-order valence-corrected chi connectivity index (χ1v) is 10.1. The quantitative estimate of drug-likeness (QED) is 0.903. The van der Waals surface area contributed by atoms with Gasteiger partial charge < -0.3 is 15.1 Å². The second-order valence-corrected chi connectivity index (χ2v) is 7.89. The summed E-state index contributed by atoms with van der Waals surface area (Å²) in [7, 11) is 2.18. The van der Waals surface area contributed by atoms with Gasteiger partial charge in [0.2, 0.25) is 0 Å². The normalized spacial score (nSPS) is 21.7. The van der Waals surface area contributed by atoms with E-state index in [0.717, 1.165) is 52.1 Å². The predicted octanol–water partition coefficient (Wildman–Crippen LogP) is 2.41. The molecule has 1 N–H and O–H groups in total. The van der Waals surface area contributed by atoms with Crippen LogP contribution in [0.2, 0.25) is 0 Å². The molecule has 144 valence electrons. The summed E-state index contributed by atoms with van der Waals surface area (Å²) in [5.41, 5.74) is 1.27. The molecule has 5 heteroatoms.